The molecule has 2 aliphatic rings. The Balaban J connectivity index is 1.44. The summed E-state index contributed by atoms with van der Waals surface area (Å²) < 4.78 is 5.97. The van der Waals surface area contributed by atoms with Crippen LogP contribution in [0, 0.1) is 5.92 Å². The molecule has 2 N–H and O–H groups in total. The van der Waals surface area contributed by atoms with Crippen LogP contribution in [0.25, 0.3) is 0 Å². The molecule has 2 atom stereocenters. The van der Waals surface area contributed by atoms with Crippen molar-refractivity contribution in [1.82, 2.24) is 5.32 Å². The molecule has 0 unspecified atom stereocenters. The molecule has 0 spiro atoms. The van der Waals surface area contributed by atoms with Gasteiger partial charge in [0.05, 0.1) is 18.8 Å². The van der Waals surface area contributed by atoms with Crippen LogP contribution in [0.4, 0.5) is 0 Å². The molecule has 0 aliphatic heterocycles. The minimum Gasteiger partial charge on any atom is -0.493 e. The van der Waals surface area contributed by atoms with Gasteiger partial charge in [0, 0.05) is 18.5 Å². The Morgan fingerprint density at radius 1 is 1.04 bits per heavy atom. The van der Waals surface area contributed by atoms with Crippen LogP contribution in [-0.4, -0.2) is 17.8 Å². The lowest BCUT2D eigenvalue weighted by atomic mass is 10.1. The molecular weight excluding hydrogens is 286 g/mol. The van der Waals surface area contributed by atoms with Gasteiger partial charge in [-0.1, -0.05) is 42.5 Å². The van der Waals surface area contributed by atoms with E-state index in [1.54, 1.807) is 0 Å². The number of nitrogens with one attached hydrogen (secondary N) is 1. The van der Waals surface area contributed by atoms with E-state index < -0.39 is 0 Å². The zero-order chi connectivity index (χ0) is 15.6. The van der Waals surface area contributed by atoms with Crippen LogP contribution in [-0.2, 0) is 13.0 Å². The smallest absolute Gasteiger partial charge is 0.123 e. The van der Waals surface area contributed by atoms with E-state index in [1.165, 1.54) is 24.0 Å². The quantitative estimate of drug-likeness (QED) is 0.861. The third kappa shape index (κ3) is 3.26. The van der Waals surface area contributed by atoms with E-state index in [2.05, 4.69) is 23.5 Å². The summed E-state index contributed by atoms with van der Waals surface area (Å²) in [4.78, 5) is 0. The lowest BCUT2D eigenvalue weighted by Gasteiger charge is -2.19. The fourth-order valence-electron chi connectivity index (χ4n) is 3.32. The summed E-state index contributed by atoms with van der Waals surface area (Å²) in [6.07, 6.45) is 2.97. The van der Waals surface area contributed by atoms with E-state index in [-0.39, 0.29) is 12.1 Å². The zero-order valence-electron chi connectivity index (χ0n) is 13.2. The molecule has 0 saturated heterocycles. The topological polar surface area (TPSA) is 41.5 Å². The van der Waals surface area contributed by atoms with Crippen LogP contribution < -0.4 is 10.1 Å². The second-order valence-corrected chi connectivity index (χ2v) is 6.69. The van der Waals surface area contributed by atoms with Gasteiger partial charge in [-0.15, -0.1) is 0 Å². The van der Waals surface area contributed by atoms with Crippen LogP contribution in [0.5, 0.6) is 5.75 Å². The van der Waals surface area contributed by atoms with E-state index in [0.29, 0.717) is 6.54 Å². The molecule has 2 aliphatic carbocycles. The Bertz CT molecular complexity index is 681. The third-order valence-corrected chi connectivity index (χ3v) is 4.86. The number of aliphatic hydroxyl groups excluding tert-OH is 1. The Morgan fingerprint density at radius 3 is 2.70 bits per heavy atom. The monoisotopic (exact) mass is 309 g/mol. The van der Waals surface area contributed by atoms with E-state index in [1.807, 2.05) is 30.3 Å². The van der Waals surface area contributed by atoms with Crippen LogP contribution in [0.15, 0.2) is 48.5 Å². The van der Waals surface area contributed by atoms with Crippen LogP contribution in [0.1, 0.15) is 35.6 Å². The van der Waals surface area contributed by atoms with Crippen LogP contribution >= 0.6 is 0 Å². The highest BCUT2D eigenvalue weighted by atomic mass is 16.5. The molecule has 0 amide bonds. The highest BCUT2D eigenvalue weighted by Crippen LogP contribution is 2.33. The highest BCUT2D eigenvalue weighted by molar-refractivity contribution is 5.37. The largest absolute Gasteiger partial charge is 0.493 e. The first-order valence-electron chi connectivity index (χ1n) is 8.51. The Kier molecular flexibility index (Phi) is 4.06. The standard InChI is InChI=1S/C20H23NO2/c22-18-11-15-5-1-3-7-17(15)20(18)21-12-16-6-2-4-8-19(16)23-13-14-9-10-14/h1-8,14,18,20-22H,9-13H2/t18-,20+/m0/s1. The van der Waals surface area contributed by atoms with Crippen molar-refractivity contribution in [3.63, 3.8) is 0 Å². The number of hydrogen-bond acceptors (Lipinski definition) is 3. The van der Waals surface area contributed by atoms with E-state index in [9.17, 15) is 5.11 Å². The number of hydrogen-bond donors (Lipinski definition) is 2. The van der Waals surface area contributed by atoms with Gasteiger partial charge in [-0.05, 0) is 36.0 Å². The molecule has 0 aromatic heterocycles. The summed E-state index contributed by atoms with van der Waals surface area (Å²) in [5.41, 5.74) is 3.62. The Hall–Kier alpha value is -1.84. The van der Waals surface area contributed by atoms with Crippen molar-refractivity contribution >= 4 is 0 Å². The molecule has 120 valence electrons. The van der Waals surface area contributed by atoms with Crippen molar-refractivity contribution < 1.29 is 9.84 Å². The summed E-state index contributed by atoms with van der Waals surface area (Å²) in [7, 11) is 0. The van der Waals surface area contributed by atoms with E-state index >= 15 is 0 Å². The molecule has 3 heteroatoms. The Morgan fingerprint density at radius 2 is 1.83 bits per heavy atom. The molecule has 0 radical (unpaired) electrons. The summed E-state index contributed by atoms with van der Waals surface area (Å²) in [5, 5.41) is 13.9. The summed E-state index contributed by atoms with van der Waals surface area (Å²) in [5.74, 6) is 1.72. The number of benzene rings is 2. The molecule has 0 bridgehead atoms. The van der Waals surface area contributed by atoms with Gasteiger partial charge in [0.2, 0.25) is 0 Å². The lowest BCUT2D eigenvalue weighted by Crippen LogP contribution is -2.28. The molecule has 1 fully saturated rings. The SMILES string of the molecule is O[C@H]1Cc2ccccc2[C@H]1NCc1ccccc1OCC1CC1. The maximum Gasteiger partial charge on any atom is 0.123 e. The predicted molar refractivity (Wildman–Crippen MR) is 90.4 cm³/mol. The maximum absolute atomic E-state index is 10.3. The second kappa shape index (κ2) is 6.34. The molecule has 0 heterocycles. The van der Waals surface area contributed by atoms with Gasteiger partial charge in [0.25, 0.3) is 0 Å². The maximum atomic E-state index is 10.3. The van der Waals surface area contributed by atoms with Crippen molar-refractivity contribution in [2.45, 2.75) is 38.0 Å². The zero-order valence-corrected chi connectivity index (χ0v) is 13.2. The molecule has 4 rings (SSSR count). The van der Waals surface area contributed by atoms with Crippen molar-refractivity contribution in [2.75, 3.05) is 6.61 Å². The number of para-hydroxylation sites is 1. The summed E-state index contributed by atoms with van der Waals surface area (Å²) in [6.45, 7) is 1.53. The average Bonchev–Trinajstić information content (AvgIpc) is 3.34. The van der Waals surface area contributed by atoms with E-state index in [4.69, 9.17) is 4.74 Å². The van der Waals surface area contributed by atoms with Gasteiger partial charge in [-0.2, -0.15) is 0 Å². The van der Waals surface area contributed by atoms with Gasteiger partial charge in [0.15, 0.2) is 0 Å². The van der Waals surface area contributed by atoms with Crippen molar-refractivity contribution in [1.29, 1.82) is 0 Å². The number of fused-ring (bicyclic) bond motifs is 1. The minimum absolute atomic E-state index is 0.00249. The second-order valence-electron chi connectivity index (χ2n) is 6.69. The normalized spacial score (nSPS) is 22.8. The molecular formula is C20H23NO2. The fourth-order valence-corrected chi connectivity index (χ4v) is 3.32. The first-order chi connectivity index (χ1) is 11.3. The molecule has 2 aromatic carbocycles. The predicted octanol–water partition coefficient (Wildman–Crippen LogP) is 3.22. The summed E-state index contributed by atoms with van der Waals surface area (Å²) >= 11 is 0. The molecule has 23 heavy (non-hydrogen) atoms. The minimum atomic E-state index is -0.355. The molecule has 3 nitrogen and oxygen atoms in total. The molecule has 2 aromatic rings. The van der Waals surface area contributed by atoms with Crippen molar-refractivity contribution in [3.05, 3.63) is 65.2 Å². The third-order valence-electron chi connectivity index (χ3n) is 4.86. The number of ether oxygens (including phenoxy) is 1. The van der Waals surface area contributed by atoms with Crippen molar-refractivity contribution in [2.24, 2.45) is 5.92 Å². The average molecular weight is 309 g/mol. The first kappa shape index (κ1) is 14.7. The van der Waals surface area contributed by atoms with Gasteiger partial charge in [0.1, 0.15) is 5.75 Å². The first-order valence-corrected chi connectivity index (χ1v) is 8.51. The highest BCUT2D eigenvalue weighted by Gasteiger charge is 2.30. The fraction of sp³-hybridized carbons (Fsp3) is 0.400. The lowest BCUT2D eigenvalue weighted by molar-refractivity contribution is 0.140. The van der Waals surface area contributed by atoms with Gasteiger partial charge in [-0.25, -0.2) is 0 Å². The van der Waals surface area contributed by atoms with Crippen molar-refractivity contribution in [3.8, 4) is 5.75 Å². The Labute approximate surface area is 137 Å². The van der Waals surface area contributed by atoms with Gasteiger partial charge >= 0.3 is 0 Å². The van der Waals surface area contributed by atoms with Crippen LogP contribution in [0.3, 0.4) is 0 Å². The number of rotatable bonds is 6. The van der Waals surface area contributed by atoms with Crippen LogP contribution in [0.2, 0.25) is 0 Å². The summed E-state index contributed by atoms with van der Waals surface area (Å²) in [6, 6.07) is 16.5. The molecule has 1 saturated carbocycles. The number of aliphatic hydroxyl groups is 1. The van der Waals surface area contributed by atoms with Gasteiger partial charge < -0.3 is 15.2 Å². The van der Waals surface area contributed by atoms with E-state index in [0.717, 1.165) is 30.3 Å². The van der Waals surface area contributed by atoms with Gasteiger partial charge in [-0.3, -0.25) is 0 Å².